The summed E-state index contributed by atoms with van der Waals surface area (Å²) in [6.07, 6.45) is 24.0. The highest BCUT2D eigenvalue weighted by Crippen LogP contribution is 2.36. The molecule has 1 aromatic rings. The van der Waals surface area contributed by atoms with Gasteiger partial charge in [0.1, 0.15) is 5.75 Å². The van der Waals surface area contributed by atoms with E-state index in [1.807, 2.05) is 0 Å². The normalized spacial score (nSPS) is 26.6. The van der Waals surface area contributed by atoms with Crippen molar-refractivity contribution in [2.45, 2.75) is 123 Å². The van der Waals surface area contributed by atoms with E-state index < -0.39 is 0 Å². The number of aryl methyl sites for hydroxylation is 1. The molecule has 0 aromatic heterocycles. The number of hydrogen-bond acceptors (Lipinski definition) is 1. The molecule has 0 heterocycles. The molecule has 0 N–H and O–H groups in total. The van der Waals surface area contributed by atoms with Crippen molar-refractivity contribution in [2.75, 3.05) is 6.61 Å². The van der Waals surface area contributed by atoms with Crippen molar-refractivity contribution in [2.24, 2.45) is 23.7 Å². The highest BCUT2D eigenvalue weighted by atomic mass is 16.5. The first-order chi connectivity index (χ1) is 15.3. The van der Waals surface area contributed by atoms with Gasteiger partial charge in [-0.2, -0.15) is 0 Å². The number of rotatable bonds is 13. The first kappa shape index (κ1) is 24.7. The van der Waals surface area contributed by atoms with Gasteiger partial charge >= 0.3 is 0 Å². The Morgan fingerprint density at radius 3 is 1.97 bits per heavy atom. The molecule has 0 amide bonds. The second-order valence-electron chi connectivity index (χ2n) is 10.8. The highest BCUT2D eigenvalue weighted by molar-refractivity contribution is 5.27. The summed E-state index contributed by atoms with van der Waals surface area (Å²) in [7, 11) is 0. The molecular formula is C30H50O. The maximum Gasteiger partial charge on any atom is 0.119 e. The van der Waals surface area contributed by atoms with Crippen molar-refractivity contribution in [1.82, 2.24) is 0 Å². The van der Waals surface area contributed by atoms with Crippen LogP contribution >= 0.6 is 0 Å². The summed E-state index contributed by atoms with van der Waals surface area (Å²) in [5.74, 6) is 5.01. The third kappa shape index (κ3) is 8.82. The third-order valence-corrected chi connectivity index (χ3v) is 8.41. The van der Waals surface area contributed by atoms with E-state index in [9.17, 15) is 0 Å². The van der Waals surface area contributed by atoms with E-state index in [2.05, 4.69) is 38.1 Å². The van der Waals surface area contributed by atoms with Crippen LogP contribution in [0, 0.1) is 23.7 Å². The molecule has 0 saturated heterocycles. The van der Waals surface area contributed by atoms with Gasteiger partial charge in [-0.05, 0) is 67.1 Å². The Morgan fingerprint density at radius 1 is 0.677 bits per heavy atom. The minimum atomic E-state index is 0.885. The summed E-state index contributed by atoms with van der Waals surface area (Å²) in [6.45, 7) is 5.55. The average Bonchev–Trinajstić information content (AvgIpc) is 2.82. The van der Waals surface area contributed by atoms with Crippen LogP contribution in [0.3, 0.4) is 0 Å². The van der Waals surface area contributed by atoms with E-state index in [-0.39, 0.29) is 0 Å². The van der Waals surface area contributed by atoms with Crippen LogP contribution in [0.5, 0.6) is 5.75 Å². The van der Waals surface area contributed by atoms with Crippen LogP contribution in [0.15, 0.2) is 24.3 Å². The minimum Gasteiger partial charge on any atom is -0.494 e. The van der Waals surface area contributed by atoms with Crippen molar-refractivity contribution >= 4 is 0 Å². The van der Waals surface area contributed by atoms with Gasteiger partial charge < -0.3 is 4.74 Å². The monoisotopic (exact) mass is 426 g/mol. The van der Waals surface area contributed by atoms with Gasteiger partial charge in [0.15, 0.2) is 0 Å². The first-order valence-corrected chi connectivity index (χ1v) is 14.0. The fourth-order valence-electron chi connectivity index (χ4n) is 6.38. The van der Waals surface area contributed by atoms with Crippen molar-refractivity contribution in [1.29, 1.82) is 0 Å². The van der Waals surface area contributed by atoms with E-state index in [1.54, 1.807) is 0 Å². The van der Waals surface area contributed by atoms with E-state index in [1.165, 1.54) is 115 Å². The lowest BCUT2D eigenvalue weighted by Gasteiger charge is -2.31. The SMILES string of the molecule is CCCCC1CCC(CCc2ccc(OCCCC3CCCCC3CCC)cc2)CC1. The molecule has 1 heteroatoms. The van der Waals surface area contributed by atoms with Crippen molar-refractivity contribution < 1.29 is 4.74 Å². The standard InChI is InChI=1S/C30H50O/c1-3-5-10-25-14-16-26(17-15-25)18-19-27-20-22-30(23-21-27)31-24-8-13-29-12-7-6-11-28(29)9-4-2/h20-23,25-26,28-29H,3-19,24H2,1-2H3. The number of benzene rings is 1. The Hall–Kier alpha value is -0.980. The Morgan fingerprint density at radius 2 is 1.32 bits per heavy atom. The molecule has 0 bridgehead atoms. The maximum absolute atomic E-state index is 6.09. The zero-order valence-corrected chi connectivity index (χ0v) is 20.8. The van der Waals surface area contributed by atoms with Gasteiger partial charge in [-0.25, -0.2) is 0 Å². The molecule has 2 atom stereocenters. The van der Waals surface area contributed by atoms with Gasteiger partial charge in [-0.1, -0.05) is 109 Å². The lowest BCUT2D eigenvalue weighted by molar-refractivity contribution is 0.193. The molecule has 3 rings (SSSR count). The molecule has 2 aliphatic carbocycles. The van der Waals surface area contributed by atoms with E-state index in [0.717, 1.165) is 36.0 Å². The molecule has 31 heavy (non-hydrogen) atoms. The van der Waals surface area contributed by atoms with Crippen LogP contribution in [-0.4, -0.2) is 6.61 Å². The molecule has 0 aliphatic heterocycles. The van der Waals surface area contributed by atoms with E-state index >= 15 is 0 Å². The molecule has 2 unspecified atom stereocenters. The predicted octanol–water partition coefficient (Wildman–Crippen LogP) is 9.38. The summed E-state index contributed by atoms with van der Waals surface area (Å²) < 4.78 is 6.09. The van der Waals surface area contributed by atoms with Crippen molar-refractivity contribution in [3.05, 3.63) is 29.8 Å². The summed E-state index contributed by atoms with van der Waals surface area (Å²) >= 11 is 0. The second-order valence-corrected chi connectivity index (χ2v) is 10.8. The molecule has 2 fully saturated rings. The number of unbranched alkanes of at least 4 members (excludes halogenated alkanes) is 1. The highest BCUT2D eigenvalue weighted by Gasteiger charge is 2.24. The molecular weight excluding hydrogens is 376 g/mol. The zero-order chi connectivity index (χ0) is 21.7. The molecule has 2 saturated carbocycles. The Balaban J connectivity index is 1.29. The Bertz CT molecular complexity index is 567. The van der Waals surface area contributed by atoms with Gasteiger partial charge in [0.05, 0.1) is 6.61 Å². The van der Waals surface area contributed by atoms with Crippen LogP contribution in [-0.2, 0) is 6.42 Å². The van der Waals surface area contributed by atoms with E-state index in [4.69, 9.17) is 4.74 Å². The molecule has 0 radical (unpaired) electrons. The van der Waals surface area contributed by atoms with Gasteiger partial charge in [-0.15, -0.1) is 0 Å². The zero-order valence-electron chi connectivity index (χ0n) is 20.8. The third-order valence-electron chi connectivity index (χ3n) is 8.41. The van der Waals surface area contributed by atoms with Crippen molar-refractivity contribution in [3.63, 3.8) is 0 Å². The predicted molar refractivity (Wildman–Crippen MR) is 135 cm³/mol. The lowest BCUT2D eigenvalue weighted by Crippen LogP contribution is -2.20. The van der Waals surface area contributed by atoms with Crippen LogP contribution in [0.2, 0.25) is 0 Å². The largest absolute Gasteiger partial charge is 0.494 e. The molecule has 176 valence electrons. The second kappa shape index (κ2) is 14.2. The summed E-state index contributed by atoms with van der Waals surface area (Å²) in [5.41, 5.74) is 1.49. The first-order valence-electron chi connectivity index (χ1n) is 14.0. The number of hydrogen-bond donors (Lipinski definition) is 0. The smallest absolute Gasteiger partial charge is 0.119 e. The lowest BCUT2D eigenvalue weighted by atomic mass is 9.75. The van der Waals surface area contributed by atoms with E-state index in [0.29, 0.717) is 0 Å². The summed E-state index contributed by atoms with van der Waals surface area (Å²) in [5, 5.41) is 0. The fraction of sp³-hybridized carbons (Fsp3) is 0.800. The molecule has 0 spiro atoms. The van der Waals surface area contributed by atoms with Gasteiger partial charge in [0.25, 0.3) is 0 Å². The van der Waals surface area contributed by atoms with Crippen LogP contribution in [0.4, 0.5) is 0 Å². The maximum atomic E-state index is 6.09. The summed E-state index contributed by atoms with van der Waals surface area (Å²) in [6, 6.07) is 9.02. The Labute approximate surface area is 193 Å². The van der Waals surface area contributed by atoms with Crippen LogP contribution < -0.4 is 4.74 Å². The fourth-order valence-corrected chi connectivity index (χ4v) is 6.38. The minimum absolute atomic E-state index is 0.885. The molecule has 2 aliphatic rings. The average molecular weight is 427 g/mol. The molecule has 1 nitrogen and oxygen atoms in total. The summed E-state index contributed by atoms with van der Waals surface area (Å²) in [4.78, 5) is 0. The topological polar surface area (TPSA) is 9.23 Å². The number of ether oxygens (including phenoxy) is 1. The van der Waals surface area contributed by atoms with Crippen LogP contribution in [0.25, 0.3) is 0 Å². The Kier molecular flexibility index (Phi) is 11.3. The molecule has 1 aromatic carbocycles. The quantitative estimate of drug-likeness (QED) is 0.285. The van der Waals surface area contributed by atoms with Crippen molar-refractivity contribution in [3.8, 4) is 5.75 Å². The van der Waals surface area contributed by atoms with Gasteiger partial charge in [0.2, 0.25) is 0 Å². The van der Waals surface area contributed by atoms with Gasteiger partial charge in [-0.3, -0.25) is 0 Å². The van der Waals surface area contributed by atoms with Crippen LogP contribution in [0.1, 0.15) is 122 Å². The van der Waals surface area contributed by atoms with Gasteiger partial charge in [0, 0.05) is 0 Å².